The lowest BCUT2D eigenvalue weighted by atomic mass is 10.5. The number of hydrogen-bond donors (Lipinski definition) is 2. The average molecular weight is 155 g/mol. The molecule has 0 bridgehead atoms. The monoisotopic (exact) mass is 155 g/mol. The lowest BCUT2D eigenvalue weighted by molar-refractivity contribution is 1.24. The van der Waals surface area contributed by atoms with Gasteiger partial charge in [0, 0.05) is 17.0 Å². The van der Waals surface area contributed by atoms with E-state index in [9.17, 15) is 0 Å². The van der Waals surface area contributed by atoms with Crippen LogP contribution in [0.5, 0.6) is 0 Å². The number of pyridine rings is 1. The number of nitrogens with zero attached hydrogens (tertiary/aromatic N) is 1. The Labute approximate surface area is 63.8 Å². The molecule has 0 spiro atoms. The SMILES string of the molecule is NCSc1ccc(N)nc1. The summed E-state index contributed by atoms with van der Waals surface area (Å²) < 4.78 is 0. The minimum Gasteiger partial charge on any atom is -0.384 e. The Hall–Kier alpha value is -0.740. The van der Waals surface area contributed by atoms with Crippen molar-refractivity contribution in [3.05, 3.63) is 18.3 Å². The van der Waals surface area contributed by atoms with Crippen molar-refractivity contribution in [3.8, 4) is 0 Å². The second-order valence-corrected chi connectivity index (χ2v) is 2.82. The minimum absolute atomic E-state index is 0.543. The molecule has 0 aliphatic rings. The number of nitrogen functional groups attached to an aromatic ring is 1. The molecule has 0 aliphatic carbocycles. The molecule has 0 radical (unpaired) electrons. The number of anilines is 1. The van der Waals surface area contributed by atoms with Crippen molar-refractivity contribution in [1.29, 1.82) is 0 Å². The lowest BCUT2D eigenvalue weighted by Gasteiger charge is -1.96. The van der Waals surface area contributed by atoms with Gasteiger partial charge in [-0.3, -0.25) is 0 Å². The second-order valence-electron chi connectivity index (χ2n) is 1.73. The lowest BCUT2D eigenvalue weighted by Crippen LogP contribution is -1.93. The van der Waals surface area contributed by atoms with E-state index >= 15 is 0 Å². The van der Waals surface area contributed by atoms with Gasteiger partial charge in [0.2, 0.25) is 0 Å². The first-order valence-electron chi connectivity index (χ1n) is 2.87. The zero-order valence-electron chi connectivity index (χ0n) is 5.45. The van der Waals surface area contributed by atoms with Crippen molar-refractivity contribution in [2.75, 3.05) is 11.6 Å². The van der Waals surface area contributed by atoms with Gasteiger partial charge in [-0.25, -0.2) is 4.98 Å². The molecule has 54 valence electrons. The van der Waals surface area contributed by atoms with Crippen molar-refractivity contribution >= 4 is 17.6 Å². The van der Waals surface area contributed by atoms with Crippen LogP contribution in [0.25, 0.3) is 0 Å². The molecule has 0 aliphatic heterocycles. The van der Waals surface area contributed by atoms with Crippen LogP contribution in [0.3, 0.4) is 0 Å². The van der Waals surface area contributed by atoms with Crippen molar-refractivity contribution in [2.24, 2.45) is 5.73 Å². The Morgan fingerprint density at radius 3 is 2.80 bits per heavy atom. The molecule has 0 aromatic carbocycles. The van der Waals surface area contributed by atoms with Gasteiger partial charge in [0.25, 0.3) is 0 Å². The number of thioether (sulfide) groups is 1. The van der Waals surface area contributed by atoms with E-state index in [4.69, 9.17) is 11.5 Å². The molecule has 1 heterocycles. The van der Waals surface area contributed by atoms with Crippen LogP contribution in [0, 0.1) is 0 Å². The van der Waals surface area contributed by atoms with Crippen LogP contribution in [-0.2, 0) is 0 Å². The summed E-state index contributed by atoms with van der Waals surface area (Å²) in [5.41, 5.74) is 10.7. The maximum Gasteiger partial charge on any atom is 0.123 e. The van der Waals surface area contributed by atoms with Crippen molar-refractivity contribution in [3.63, 3.8) is 0 Å². The van der Waals surface area contributed by atoms with E-state index in [2.05, 4.69) is 4.98 Å². The van der Waals surface area contributed by atoms with Gasteiger partial charge < -0.3 is 11.5 Å². The fraction of sp³-hybridized carbons (Fsp3) is 0.167. The predicted octanol–water partition coefficient (Wildman–Crippen LogP) is 0.672. The highest BCUT2D eigenvalue weighted by molar-refractivity contribution is 7.99. The topological polar surface area (TPSA) is 64.9 Å². The zero-order valence-corrected chi connectivity index (χ0v) is 6.27. The molecule has 1 rings (SSSR count). The molecule has 1 aromatic heterocycles. The van der Waals surface area contributed by atoms with Gasteiger partial charge in [-0.05, 0) is 12.1 Å². The molecule has 0 saturated heterocycles. The Balaban J connectivity index is 2.69. The minimum atomic E-state index is 0.543. The fourth-order valence-corrected chi connectivity index (χ4v) is 1.06. The molecular formula is C6H9N3S. The van der Waals surface area contributed by atoms with Gasteiger partial charge in [0.05, 0.1) is 0 Å². The van der Waals surface area contributed by atoms with Crippen molar-refractivity contribution in [2.45, 2.75) is 4.90 Å². The number of nitrogens with two attached hydrogens (primary N) is 2. The Kier molecular flexibility index (Phi) is 2.53. The van der Waals surface area contributed by atoms with Crippen LogP contribution in [-0.4, -0.2) is 10.9 Å². The highest BCUT2D eigenvalue weighted by Gasteiger charge is 1.90. The summed E-state index contributed by atoms with van der Waals surface area (Å²) in [7, 11) is 0. The Morgan fingerprint density at radius 1 is 1.50 bits per heavy atom. The van der Waals surface area contributed by atoms with E-state index in [0.717, 1.165) is 4.90 Å². The van der Waals surface area contributed by atoms with E-state index in [1.54, 1.807) is 24.0 Å². The maximum atomic E-state index is 5.37. The largest absolute Gasteiger partial charge is 0.384 e. The average Bonchev–Trinajstić information content (AvgIpc) is 1.95. The summed E-state index contributed by atoms with van der Waals surface area (Å²) in [6.45, 7) is 0. The molecule has 4 heteroatoms. The van der Waals surface area contributed by atoms with E-state index in [0.29, 0.717) is 11.7 Å². The molecule has 1 aromatic rings. The summed E-state index contributed by atoms with van der Waals surface area (Å²) in [5.74, 6) is 1.12. The maximum absolute atomic E-state index is 5.37. The van der Waals surface area contributed by atoms with E-state index < -0.39 is 0 Å². The highest BCUT2D eigenvalue weighted by Crippen LogP contribution is 2.14. The molecule has 0 unspecified atom stereocenters. The quantitative estimate of drug-likeness (QED) is 0.486. The van der Waals surface area contributed by atoms with Crippen molar-refractivity contribution < 1.29 is 0 Å². The van der Waals surface area contributed by atoms with Gasteiger partial charge in [0.1, 0.15) is 5.82 Å². The summed E-state index contributed by atoms with van der Waals surface area (Å²) in [6.07, 6.45) is 1.72. The third kappa shape index (κ3) is 1.89. The first-order chi connectivity index (χ1) is 4.83. The van der Waals surface area contributed by atoms with Crippen molar-refractivity contribution in [1.82, 2.24) is 4.98 Å². The van der Waals surface area contributed by atoms with Gasteiger partial charge in [-0.2, -0.15) is 0 Å². The van der Waals surface area contributed by atoms with E-state index in [1.165, 1.54) is 0 Å². The van der Waals surface area contributed by atoms with E-state index in [-0.39, 0.29) is 0 Å². The van der Waals surface area contributed by atoms with Crippen LogP contribution in [0.1, 0.15) is 0 Å². The van der Waals surface area contributed by atoms with Crippen LogP contribution < -0.4 is 11.5 Å². The van der Waals surface area contributed by atoms with Crippen LogP contribution in [0.4, 0.5) is 5.82 Å². The Bertz CT molecular complexity index is 197. The zero-order chi connectivity index (χ0) is 7.40. The summed E-state index contributed by atoms with van der Waals surface area (Å²) >= 11 is 1.54. The van der Waals surface area contributed by atoms with Gasteiger partial charge >= 0.3 is 0 Å². The molecule has 0 atom stereocenters. The molecule has 0 saturated carbocycles. The van der Waals surface area contributed by atoms with Crippen LogP contribution in [0.2, 0.25) is 0 Å². The van der Waals surface area contributed by atoms with Crippen LogP contribution in [0.15, 0.2) is 23.2 Å². The first kappa shape index (κ1) is 7.37. The Morgan fingerprint density at radius 2 is 2.30 bits per heavy atom. The second kappa shape index (κ2) is 3.43. The van der Waals surface area contributed by atoms with E-state index in [1.807, 2.05) is 6.07 Å². The number of aromatic nitrogens is 1. The first-order valence-corrected chi connectivity index (χ1v) is 3.86. The predicted molar refractivity (Wildman–Crippen MR) is 43.6 cm³/mol. The molecule has 0 amide bonds. The smallest absolute Gasteiger partial charge is 0.123 e. The standard InChI is InChI=1S/C6H9N3S/c7-4-10-5-1-2-6(8)9-3-5/h1-3H,4,7H2,(H2,8,9). The number of rotatable bonds is 2. The van der Waals surface area contributed by atoms with Gasteiger partial charge in [-0.15, -0.1) is 11.8 Å². The summed E-state index contributed by atoms with van der Waals surface area (Å²) in [5, 5.41) is 0. The normalized spacial score (nSPS) is 9.70. The third-order valence-corrected chi connectivity index (χ3v) is 1.75. The van der Waals surface area contributed by atoms with Gasteiger partial charge in [0.15, 0.2) is 0 Å². The molecule has 3 nitrogen and oxygen atoms in total. The summed E-state index contributed by atoms with van der Waals surface area (Å²) in [4.78, 5) is 4.95. The number of hydrogen-bond acceptors (Lipinski definition) is 4. The molecular weight excluding hydrogens is 146 g/mol. The molecule has 10 heavy (non-hydrogen) atoms. The molecule has 0 fully saturated rings. The fourth-order valence-electron chi connectivity index (χ4n) is 0.573. The highest BCUT2D eigenvalue weighted by atomic mass is 32.2. The summed E-state index contributed by atoms with van der Waals surface area (Å²) in [6, 6.07) is 3.66. The van der Waals surface area contributed by atoms with Gasteiger partial charge in [-0.1, -0.05) is 0 Å². The third-order valence-electron chi connectivity index (χ3n) is 1.01. The molecule has 4 N–H and O–H groups in total. The van der Waals surface area contributed by atoms with Crippen LogP contribution >= 0.6 is 11.8 Å².